The van der Waals surface area contributed by atoms with Gasteiger partial charge in [-0.15, -0.1) is 0 Å². The molecule has 4 rings (SSSR count). The second-order valence-electron chi connectivity index (χ2n) is 6.86. The number of nitrogens with one attached hydrogen (secondary N) is 1. The first-order chi connectivity index (χ1) is 13.6. The summed E-state index contributed by atoms with van der Waals surface area (Å²) in [6.07, 6.45) is 1.52. The molecule has 0 aliphatic carbocycles. The van der Waals surface area contributed by atoms with Gasteiger partial charge in [0.1, 0.15) is 0 Å². The van der Waals surface area contributed by atoms with Gasteiger partial charge in [0.2, 0.25) is 0 Å². The Bertz CT molecular complexity index is 1030. The van der Waals surface area contributed by atoms with E-state index in [0.717, 1.165) is 53.7 Å². The third-order valence-electron chi connectivity index (χ3n) is 4.99. The van der Waals surface area contributed by atoms with Crippen molar-refractivity contribution in [3.63, 3.8) is 0 Å². The highest BCUT2D eigenvalue weighted by Crippen LogP contribution is 2.22. The number of nitrogens with zero attached hydrogens (tertiary/aromatic N) is 3. The summed E-state index contributed by atoms with van der Waals surface area (Å²) >= 11 is 5.57. The van der Waals surface area contributed by atoms with Gasteiger partial charge in [0.05, 0.1) is 34.6 Å². The molecule has 0 radical (unpaired) electrons. The normalized spacial score (nSPS) is 15.0. The van der Waals surface area contributed by atoms with E-state index >= 15 is 0 Å². The van der Waals surface area contributed by atoms with Gasteiger partial charge in [-0.2, -0.15) is 0 Å². The van der Waals surface area contributed by atoms with Crippen LogP contribution in [-0.4, -0.2) is 45.6 Å². The number of piperidine rings is 1. The minimum absolute atomic E-state index is 0.0248. The molecular formula is C21H22N4O2S. The monoisotopic (exact) mass is 394 g/mol. The van der Waals surface area contributed by atoms with E-state index < -0.39 is 0 Å². The van der Waals surface area contributed by atoms with Crippen molar-refractivity contribution in [2.45, 2.75) is 19.8 Å². The lowest BCUT2D eigenvalue weighted by molar-refractivity contribution is -0.149. The van der Waals surface area contributed by atoms with Crippen LogP contribution in [0.5, 0.6) is 0 Å². The van der Waals surface area contributed by atoms with Crippen LogP contribution in [0, 0.1) is 5.92 Å². The number of anilines is 1. The first-order valence-electron chi connectivity index (χ1n) is 9.53. The van der Waals surface area contributed by atoms with Crippen LogP contribution in [0.25, 0.3) is 22.1 Å². The molecule has 0 atom stereocenters. The molecule has 3 aromatic rings. The molecule has 1 aromatic heterocycles. The molecule has 7 heteroatoms. The molecule has 2 aromatic carbocycles. The van der Waals surface area contributed by atoms with E-state index in [1.165, 1.54) is 0 Å². The third-order valence-corrected chi connectivity index (χ3v) is 5.35. The van der Waals surface area contributed by atoms with E-state index in [1.807, 2.05) is 49.4 Å². The Kier molecular flexibility index (Phi) is 5.34. The fraction of sp³-hybridized carbons (Fsp3) is 0.333. The fourth-order valence-corrected chi connectivity index (χ4v) is 3.78. The predicted octanol–water partition coefficient (Wildman–Crippen LogP) is 3.75. The number of likely N-dealkylation sites (tertiary alicyclic amines) is 1. The first kappa shape index (κ1) is 18.6. The van der Waals surface area contributed by atoms with Gasteiger partial charge in [0.25, 0.3) is 0 Å². The number of hydrogen-bond acceptors (Lipinski definition) is 5. The Morgan fingerprint density at radius 3 is 2.43 bits per heavy atom. The number of thiocarbonyl (C=S) groups is 1. The molecule has 0 bridgehead atoms. The Morgan fingerprint density at radius 1 is 1.11 bits per heavy atom. The summed E-state index contributed by atoms with van der Waals surface area (Å²) in [4.78, 5) is 23.3. The van der Waals surface area contributed by atoms with Crippen LogP contribution in [0.15, 0.2) is 42.5 Å². The Labute approximate surface area is 168 Å². The molecular weight excluding hydrogens is 372 g/mol. The zero-order chi connectivity index (χ0) is 19.5. The Morgan fingerprint density at radius 2 is 1.75 bits per heavy atom. The molecule has 28 heavy (non-hydrogen) atoms. The largest absolute Gasteiger partial charge is 0.466 e. The fourth-order valence-electron chi connectivity index (χ4n) is 3.48. The average molecular weight is 395 g/mol. The molecule has 2 heterocycles. The van der Waals surface area contributed by atoms with Crippen LogP contribution in [0.2, 0.25) is 0 Å². The molecule has 1 fully saturated rings. The van der Waals surface area contributed by atoms with E-state index in [0.29, 0.717) is 11.7 Å². The zero-order valence-corrected chi connectivity index (χ0v) is 16.5. The standard InChI is InChI=1S/C21H22N4O2S/c1-2-27-20(26)14-9-11-25(12-10-14)21(28)22-15-7-8-18-19(13-15)24-17-6-4-3-5-16(17)23-18/h3-8,13-14H,2,9-12H2,1H3,(H,22,28). The smallest absolute Gasteiger partial charge is 0.309 e. The van der Waals surface area contributed by atoms with Gasteiger partial charge < -0.3 is 15.0 Å². The van der Waals surface area contributed by atoms with Crippen LogP contribution >= 0.6 is 12.2 Å². The van der Waals surface area contributed by atoms with Gasteiger partial charge in [-0.25, -0.2) is 9.97 Å². The number of carbonyl (C=O) groups excluding carboxylic acids is 1. The number of esters is 1. The number of ether oxygens (including phenoxy) is 1. The quantitative estimate of drug-likeness (QED) is 0.412. The molecule has 6 nitrogen and oxygen atoms in total. The van der Waals surface area contributed by atoms with Gasteiger partial charge in [-0.1, -0.05) is 12.1 Å². The highest BCUT2D eigenvalue weighted by Gasteiger charge is 2.27. The molecule has 144 valence electrons. The van der Waals surface area contributed by atoms with Crippen molar-refractivity contribution in [2.24, 2.45) is 5.92 Å². The van der Waals surface area contributed by atoms with E-state index in [1.54, 1.807) is 0 Å². The minimum atomic E-state index is -0.0960. The molecule has 1 saturated heterocycles. The summed E-state index contributed by atoms with van der Waals surface area (Å²) in [6.45, 7) is 3.75. The second kappa shape index (κ2) is 8.06. The number of carbonyl (C=O) groups is 1. The lowest BCUT2D eigenvalue weighted by atomic mass is 9.97. The molecule has 0 spiro atoms. The molecule has 1 aliphatic heterocycles. The topological polar surface area (TPSA) is 67.3 Å². The van der Waals surface area contributed by atoms with E-state index in [-0.39, 0.29) is 11.9 Å². The maximum atomic E-state index is 11.9. The summed E-state index contributed by atoms with van der Waals surface area (Å²) < 4.78 is 5.13. The van der Waals surface area contributed by atoms with Crippen molar-refractivity contribution in [3.8, 4) is 0 Å². The SMILES string of the molecule is CCOC(=O)C1CCN(C(=S)Nc2ccc3nc4ccccc4nc3c2)CC1. The lowest BCUT2D eigenvalue weighted by Gasteiger charge is -2.32. The van der Waals surface area contributed by atoms with Gasteiger partial charge in [-0.3, -0.25) is 4.79 Å². The van der Waals surface area contributed by atoms with Gasteiger partial charge >= 0.3 is 5.97 Å². The summed E-state index contributed by atoms with van der Waals surface area (Å²) in [5, 5.41) is 3.96. The number of hydrogen-bond donors (Lipinski definition) is 1. The Hall–Kier alpha value is -2.80. The summed E-state index contributed by atoms with van der Waals surface area (Å²) in [6, 6.07) is 13.7. The van der Waals surface area contributed by atoms with Crippen molar-refractivity contribution in [3.05, 3.63) is 42.5 Å². The summed E-state index contributed by atoms with van der Waals surface area (Å²) in [7, 11) is 0. The number of rotatable bonds is 3. The van der Waals surface area contributed by atoms with Crippen molar-refractivity contribution in [1.29, 1.82) is 0 Å². The number of benzene rings is 2. The summed E-state index contributed by atoms with van der Waals surface area (Å²) in [5.74, 6) is -0.121. The second-order valence-corrected chi connectivity index (χ2v) is 7.25. The molecule has 0 unspecified atom stereocenters. The van der Waals surface area contributed by atoms with Crippen LogP contribution in [0.1, 0.15) is 19.8 Å². The minimum Gasteiger partial charge on any atom is -0.466 e. The number of para-hydroxylation sites is 2. The number of fused-ring (bicyclic) bond motifs is 2. The van der Waals surface area contributed by atoms with E-state index in [4.69, 9.17) is 21.9 Å². The van der Waals surface area contributed by atoms with Crippen molar-refractivity contribution in [1.82, 2.24) is 14.9 Å². The van der Waals surface area contributed by atoms with E-state index in [2.05, 4.69) is 15.2 Å². The molecule has 0 amide bonds. The maximum Gasteiger partial charge on any atom is 0.309 e. The van der Waals surface area contributed by atoms with Gasteiger partial charge in [-0.05, 0) is 62.3 Å². The average Bonchev–Trinajstić information content (AvgIpc) is 2.72. The highest BCUT2D eigenvalue weighted by atomic mass is 32.1. The van der Waals surface area contributed by atoms with Crippen LogP contribution in [-0.2, 0) is 9.53 Å². The van der Waals surface area contributed by atoms with Gasteiger partial charge in [0.15, 0.2) is 5.11 Å². The molecule has 1 N–H and O–H groups in total. The van der Waals surface area contributed by atoms with Gasteiger partial charge in [0, 0.05) is 18.8 Å². The molecule has 1 aliphatic rings. The third kappa shape index (κ3) is 3.89. The zero-order valence-electron chi connectivity index (χ0n) is 15.7. The van der Waals surface area contributed by atoms with Crippen molar-refractivity contribution in [2.75, 3.05) is 25.0 Å². The van der Waals surface area contributed by atoms with Crippen LogP contribution in [0.3, 0.4) is 0 Å². The molecule has 0 saturated carbocycles. The highest BCUT2D eigenvalue weighted by molar-refractivity contribution is 7.80. The first-order valence-corrected chi connectivity index (χ1v) is 9.94. The van der Waals surface area contributed by atoms with Crippen molar-refractivity contribution < 1.29 is 9.53 Å². The number of aromatic nitrogens is 2. The lowest BCUT2D eigenvalue weighted by Crippen LogP contribution is -2.42. The van der Waals surface area contributed by atoms with Crippen LogP contribution in [0.4, 0.5) is 5.69 Å². The van der Waals surface area contributed by atoms with E-state index in [9.17, 15) is 4.79 Å². The summed E-state index contributed by atoms with van der Waals surface area (Å²) in [5.41, 5.74) is 4.32. The predicted molar refractivity (Wildman–Crippen MR) is 114 cm³/mol. The maximum absolute atomic E-state index is 11.9. The Balaban J connectivity index is 1.44. The van der Waals surface area contributed by atoms with Crippen LogP contribution < -0.4 is 5.32 Å². The van der Waals surface area contributed by atoms with Crippen molar-refractivity contribution >= 4 is 51.1 Å².